The van der Waals surface area contributed by atoms with Crippen LogP contribution in [-0.2, 0) is 75.0 Å². The lowest BCUT2D eigenvalue weighted by Gasteiger charge is -2.50. The number of carboxylic acids is 4. The number of aliphatic carboxylic acids is 4. The topological polar surface area (TPSA) is 323 Å². The first-order valence-electron chi connectivity index (χ1n) is 15.8. The van der Waals surface area contributed by atoms with Crippen LogP contribution in [0, 0.1) is 0 Å². The maximum atomic E-state index is 12.8. The van der Waals surface area contributed by atoms with Crippen molar-refractivity contribution >= 4 is 97.5 Å². The Morgan fingerprint density at radius 3 is 0.654 bits per heavy atom. The van der Waals surface area contributed by atoms with Crippen molar-refractivity contribution in [3.63, 3.8) is 0 Å². The summed E-state index contributed by atoms with van der Waals surface area (Å²) in [6.45, 7) is 5.67. The van der Waals surface area contributed by atoms with Crippen molar-refractivity contribution in [3.8, 4) is 0 Å². The largest absolute Gasteiger partial charge is 0.481 e. The maximum absolute atomic E-state index is 12.8. The Balaban J connectivity index is 3.73. The zero-order valence-electron chi connectivity index (χ0n) is 29.3. The summed E-state index contributed by atoms with van der Waals surface area (Å²) in [6, 6.07) is -1.48. The molecule has 1 aliphatic rings. The van der Waals surface area contributed by atoms with Crippen LogP contribution in [0.2, 0.25) is 50.4 Å². The number of carboxylic acid groups (broad SMARTS) is 4. The van der Waals surface area contributed by atoms with Gasteiger partial charge in [-0.25, -0.2) is 33.7 Å². The van der Waals surface area contributed by atoms with E-state index in [0.29, 0.717) is 0 Å². The molecule has 52 heavy (non-hydrogen) atoms. The van der Waals surface area contributed by atoms with Gasteiger partial charge in [0, 0.05) is 24.2 Å². The molecule has 20 nitrogen and oxygen atoms in total. The van der Waals surface area contributed by atoms with E-state index in [9.17, 15) is 52.8 Å². The molecule has 0 bridgehead atoms. The van der Waals surface area contributed by atoms with E-state index >= 15 is 0 Å². The van der Waals surface area contributed by atoms with Crippen molar-refractivity contribution in [1.29, 1.82) is 0 Å². The predicted molar refractivity (Wildman–Crippen MR) is 194 cm³/mol. The van der Waals surface area contributed by atoms with Gasteiger partial charge in [0.1, 0.15) is 0 Å². The van der Waals surface area contributed by atoms with E-state index in [1.54, 1.807) is 0 Å². The Morgan fingerprint density at radius 1 is 0.365 bits per heavy atom. The van der Waals surface area contributed by atoms with Crippen molar-refractivity contribution in [3.05, 3.63) is 0 Å². The lowest BCUT2D eigenvalue weighted by molar-refractivity contribution is -0.137. The number of hydrogen-bond acceptors (Lipinski definition) is 16. The van der Waals surface area contributed by atoms with Gasteiger partial charge in [0.15, 0.2) is 39.3 Å². The van der Waals surface area contributed by atoms with Gasteiger partial charge in [-0.05, 0) is 26.2 Å². The lowest BCUT2D eigenvalue weighted by Crippen LogP contribution is -2.68. The maximum Gasteiger partial charge on any atom is 0.318 e. The molecule has 0 saturated carbocycles. The van der Waals surface area contributed by atoms with Crippen LogP contribution in [0.25, 0.3) is 0 Å². The number of sulfone groups is 4. The van der Waals surface area contributed by atoms with Crippen LogP contribution < -0.4 is 0 Å². The second kappa shape index (κ2) is 18.8. The fourth-order valence-electron chi connectivity index (χ4n) is 5.06. The first-order valence-corrected chi connectivity index (χ1v) is 33.2. The molecule has 0 aromatic rings. The minimum absolute atomic E-state index is 0.369. The average molecular weight is 897 g/mol. The standard InChI is InChI=1S/C24H48O20S4Si4/c1-49(17-13-45(33,34)9-5-21(25)26)41-50(2,18-14-46(35,36)10-6-22(27)28)43-52(4,20-16-48(39,40)12-8-24(31)32)44-51(3,42-49)19-15-47(37,38)11-7-23(29)30/h5-20H2,1-4H3,(H,25,26)(H,27,28)(H,29,30)(H,31,32). The second-order valence-electron chi connectivity index (χ2n) is 13.1. The van der Waals surface area contributed by atoms with Crippen LogP contribution in [0.1, 0.15) is 25.7 Å². The fraction of sp³-hybridized carbons (Fsp3) is 0.833. The smallest absolute Gasteiger partial charge is 0.318 e. The van der Waals surface area contributed by atoms with Gasteiger partial charge in [-0.1, -0.05) is 0 Å². The molecule has 0 aromatic carbocycles. The van der Waals surface area contributed by atoms with Crippen molar-refractivity contribution in [2.75, 3.05) is 46.0 Å². The van der Waals surface area contributed by atoms with Crippen LogP contribution in [0.4, 0.5) is 0 Å². The summed E-state index contributed by atoms with van der Waals surface area (Å²) in [5.74, 6) is -11.0. The van der Waals surface area contributed by atoms with Crippen molar-refractivity contribution in [2.24, 2.45) is 0 Å². The molecule has 0 atom stereocenters. The number of carbonyl (C=O) groups is 4. The van der Waals surface area contributed by atoms with Gasteiger partial charge >= 0.3 is 58.1 Å². The predicted octanol–water partition coefficient (Wildman–Crippen LogP) is -0.0876. The van der Waals surface area contributed by atoms with Crippen LogP contribution in [0.15, 0.2) is 0 Å². The highest BCUT2D eigenvalue weighted by Crippen LogP contribution is 2.38. The summed E-state index contributed by atoms with van der Waals surface area (Å²) in [7, 11) is -32.0. The molecule has 1 saturated heterocycles. The highest BCUT2D eigenvalue weighted by atomic mass is 32.2. The Hall–Kier alpha value is -1.61. The highest BCUT2D eigenvalue weighted by Gasteiger charge is 2.57. The third-order valence-corrected chi connectivity index (χ3v) is 34.2. The highest BCUT2D eigenvalue weighted by molar-refractivity contribution is 7.92. The summed E-state index contributed by atoms with van der Waals surface area (Å²) in [6.07, 6.45) is -2.80. The van der Waals surface area contributed by atoms with E-state index < -0.39 is 169 Å². The van der Waals surface area contributed by atoms with Crippen LogP contribution in [0.5, 0.6) is 0 Å². The molecule has 304 valence electrons. The molecular formula is C24H48O20S4Si4. The van der Waals surface area contributed by atoms with E-state index in [4.69, 9.17) is 36.9 Å². The molecule has 0 unspecified atom stereocenters. The van der Waals surface area contributed by atoms with Gasteiger partial charge in [-0.3, -0.25) is 19.2 Å². The second-order valence-corrected chi connectivity index (χ2v) is 36.7. The Labute approximate surface area is 307 Å². The normalized spacial score (nSPS) is 26.2. The molecule has 0 spiro atoms. The van der Waals surface area contributed by atoms with E-state index in [0.717, 1.165) is 0 Å². The third-order valence-electron chi connectivity index (χ3n) is 7.70. The van der Waals surface area contributed by atoms with Gasteiger partial charge in [-0.15, -0.1) is 0 Å². The van der Waals surface area contributed by atoms with Gasteiger partial charge in [-0.2, -0.15) is 0 Å². The van der Waals surface area contributed by atoms with Crippen molar-refractivity contribution < 1.29 is 89.7 Å². The average Bonchev–Trinajstić information content (AvgIpc) is 2.97. The first-order chi connectivity index (χ1) is 23.3. The molecule has 0 aliphatic carbocycles. The fourth-order valence-corrected chi connectivity index (χ4v) is 38.8. The molecular weight excluding hydrogens is 849 g/mol. The molecule has 1 fully saturated rings. The number of hydrogen-bond donors (Lipinski definition) is 4. The van der Waals surface area contributed by atoms with Gasteiger partial charge in [0.2, 0.25) is 0 Å². The monoisotopic (exact) mass is 896 g/mol. The van der Waals surface area contributed by atoms with Gasteiger partial charge in [0.05, 0.1) is 71.7 Å². The lowest BCUT2D eigenvalue weighted by atomic mass is 10.5. The van der Waals surface area contributed by atoms with Crippen LogP contribution in [0.3, 0.4) is 0 Å². The van der Waals surface area contributed by atoms with Gasteiger partial charge < -0.3 is 36.9 Å². The van der Waals surface area contributed by atoms with Crippen LogP contribution >= 0.6 is 0 Å². The molecule has 1 aliphatic heterocycles. The molecule has 1 rings (SSSR count). The number of rotatable bonds is 24. The van der Waals surface area contributed by atoms with E-state index in [1.165, 1.54) is 26.2 Å². The summed E-state index contributed by atoms with van der Waals surface area (Å²) in [5.41, 5.74) is 0. The Bertz CT molecular complexity index is 1480. The SMILES string of the molecule is C[Si]1(CCS(=O)(=O)CCC(=O)O)O[Si](C)(CCS(=O)(=O)CCC(=O)O)O[Si](C)(CCS(=O)(=O)CCC(=O)O)O[Si](C)(CCS(=O)(=O)CCC(=O)O)O1. The minimum atomic E-state index is -4.03. The van der Waals surface area contributed by atoms with E-state index in [2.05, 4.69) is 0 Å². The Morgan fingerprint density at radius 2 is 0.519 bits per heavy atom. The quantitative estimate of drug-likeness (QED) is 0.0920. The third kappa shape index (κ3) is 19.6. The molecule has 1 heterocycles. The molecule has 0 amide bonds. The molecule has 4 N–H and O–H groups in total. The summed E-state index contributed by atoms with van der Waals surface area (Å²) < 4.78 is 129. The summed E-state index contributed by atoms with van der Waals surface area (Å²) in [4.78, 5) is 44.1. The first kappa shape index (κ1) is 48.4. The molecule has 0 radical (unpaired) electrons. The summed E-state index contributed by atoms with van der Waals surface area (Å²) >= 11 is 0. The minimum Gasteiger partial charge on any atom is -0.481 e. The zero-order valence-corrected chi connectivity index (χ0v) is 36.5. The summed E-state index contributed by atoms with van der Waals surface area (Å²) in [5, 5.41) is 35.9. The van der Waals surface area contributed by atoms with Crippen molar-refractivity contribution in [1.82, 2.24) is 0 Å². The Kier molecular flexibility index (Phi) is 17.5. The van der Waals surface area contributed by atoms with Crippen LogP contribution in [-0.4, -0.2) is 158 Å². The van der Waals surface area contributed by atoms with E-state index in [1.807, 2.05) is 0 Å². The van der Waals surface area contributed by atoms with E-state index in [-0.39, 0.29) is 24.2 Å². The zero-order chi connectivity index (χ0) is 40.5. The van der Waals surface area contributed by atoms with Crippen molar-refractivity contribution in [2.45, 2.75) is 76.0 Å². The van der Waals surface area contributed by atoms with Gasteiger partial charge in [0.25, 0.3) is 0 Å². The molecule has 0 aromatic heterocycles. The molecule has 28 heteroatoms.